The second kappa shape index (κ2) is 7.07. The molecule has 0 spiro atoms. The van der Waals surface area contributed by atoms with Gasteiger partial charge < -0.3 is 15.7 Å². The minimum Gasteiger partial charge on any atom is -0.396 e. The van der Waals surface area contributed by atoms with E-state index in [1.165, 1.54) is 0 Å². The highest BCUT2D eigenvalue weighted by Gasteiger charge is 2.34. The lowest BCUT2D eigenvalue weighted by atomic mass is 9.99. The smallest absolute Gasteiger partial charge is 0.239 e. The molecule has 1 aliphatic heterocycles. The summed E-state index contributed by atoms with van der Waals surface area (Å²) >= 11 is 0. The van der Waals surface area contributed by atoms with Crippen molar-refractivity contribution in [2.75, 3.05) is 39.3 Å². The molecule has 1 unspecified atom stereocenters. The number of nitrogens with one attached hydrogen (secondary N) is 2. The fourth-order valence-electron chi connectivity index (χ4n) is 2.17. The van der Waals surface area contributed by atoms with Gasteiger partial charge in [-0.3, -0.25) is 9.69 Å². The van der Waals surface area contributed by atoms with E-state index in [1.54, 1.807) is 0 Å². The number of piperazine rings is 1. The van der Waals surface area contributed by atoms with Crippen LogP contribution in [0.2, 0.25) is 0 Å². The summed E-state index contributed by atoms with van der Waals surface area (Å²) in [7, 11) is 0. The zero-order valence-electron chi connectivity index (χ0n) is 11.8. The molecule has 0 aliphatic carbocycles. The van der Waals surface area contributed by atoms with E-state index in [0.29, 0.717) is 12.5 Å². The molecule has 1 amide bonds. The average Bonchev–Trinajstić information content (AvgIpc) is 2.37. The predicted molar refractivity (Wildman–Crippen MR) is 72.4 cm³/mol. The van der Waals surface area contributed by atoms with Crippen molar-refractivity contribution < 1.29 is 9.90 Å². The highest BCUT2D eigenvalue weighted by atomic mass is 16.3. The molecule has 1 saturated heterocycles. The zero-order chi connectivity index (χ0) is 13.6. The standard InChI is InChI=1S/C13H27N3O2/c1-11(4-9-17)10-15-12(18)13(2,3)16-7-5-14-6-8-16/h11,14,17H,4-10H2,1-3H3,(H,15,18). The number of aliphatic hydroxyl groups excluding tert-OH is 1. The van der Waals surface area contributed by atoms with E-state index < -0.39 is 5.54 Å². The van der Waals surface area contributed by atoms with Gasteiger partial charge in [-0.2, -0.15) is 0 Å². The fourth-order valence-corrected chi connectivity index (χ4v) is 2.17. The third-order valence-electron chi connectivity index (χ3n) is 3.70. The third kappa shape index (κ3) is 4.23. The molecule has 5 heteroatoms. The lowest BCUT2D eigenvalue weighted by molar-refractivity contribution is -0.132. The molecule has 18 heavy (non-hydrogen) atoms. The number of rotatable bonds is 6. The van der Waals surface area contributed by atoms with Crippen molar-refractivity contribution in [1.82, 2.24) is 15.5 Å². The van der Waals surface area contributed by atoms with Crippen molar-refractivity contribution in [3.05, 3.63) is 0 Å². The Morgan fingerprint density at radius 2 is 2.06 bits per heavy atom. The van der Waals surface area contributed by atoms with Crippen molar-refractivity contribution in [1.29, 1.82) is 0 Å². The molecular weight excluding hydrogens is 230 g/mol. The molecule has 1 aliphatic rings. The maximum absolute atomic E-state index is 12.2. The first kappa shape index (κ1) is 15.4. The van der Waals surface area contributed by atoms with Crippen LogP contribution >= 0.6 is 0 Å². The molecule has 1 heterocycles. The maximum atomic E-state index is 12.2. The van der Waals surface area contributed by atoms with Crippen molar-refractivity contribution in [2.45, 2.75) is 32.7 Å². The van der Waals surface area contributed by atoms with Gasteiger partial charge in [0.1, 0.15) is 0 Å². The van der Waals surface area contributed by atoms with Gasteiger partial charge in [0, 0.05) is 39.3 Å². The van der Waals surface area contributed by atoms with Gasteiger partial charge in [0.15, 0.2) is 0 Å². The Kier molecular flexibility index (Phi) is 6.05. The van der Waals surface area contributed by atoms with Gasteiger partial charge >= 0.3 is 0 Å². The number of hydrogen-bond acceptors (Lipinski definition) is 4. The van der Waals surface area contributed by atoms with Crippen LogP contribution < -0.4 is 10.6 Å². The van der Waals surface area contributed by atoms with Crippen LogP contribution in [0.1, 0.15) is 27.2 Å². The first-order valence-corrected chi connectivity index (χ1v) is 6.83. The van der Waals surface area contributed by atoms with E-state index >= 15 is 0 Å². The molecule has 106 valence electrons. The van der Waals surface area contributed by atoms with E-state index in [2.05, 4.69) is 15.5 Å². The molecule has 5 nitrogen and oxygen atoms in total. The number of hydrogen-bond donors (Lipinski definition) is 3. The molecule has 1 atom stereocenters. The number of carbonyl (C=O) groups is 1. The van der Waals surface area contributed by atoms with Crippen LogP contribution in [0.4, 0.5) is 0 Å². The van der Waals surface area contributed by atoms with Crippen LogP contribution in [0.25, 0.3) is 0 Å². The average molecular weight is 257 g/mol. The summed E-state index contributed by atoms with van der Waals surface area (Å²) in [6.07, 6.45) is 0.730. The van der Waals surface area contributed by atoms with Crippen LogP contribution in [0.15, 0.2) is 0 Å². The fraction of sp³-hybridized carbons (Fsp3) is 0.923. The van der Waals surface area contributed by atoms with Gasteiger partial charge in [0.25, 0.3) is 0 Å². The van der Waals surface area contributed by atoms with Gasteiger partial charge in [0.05, 0.1) is 5.54 Å². The topological polar surface area (TPSA) is 64.6 Å². The normalized spacial score (nSPS) is 19.6. The van der Waals surface area contributed by atoms with Gasteiger partial charge in [0.2, 0.25) is 5.91 Å². The minimum atomic E-state index is -0.457. The number of aliphatic hydroxyl groups is 1. The molecule has 0 saturated carbocycles. The summed E-state index contributed by atoms with van der Waals surface area (Å²) in [5, 5.41) is 15.1. The number of amides is 1. The zero-order valence-corrected chi connectivity index (χ0v) is 11.8. The van der Waals surface area contributed by atoms with Crippen LogP contribution in [-0.2, 0) is 4.79 Å². The molecule has 1 rings (SSSR count). The monoisotopic (exact) mass is 257 g/mol. The largest absolute Gasteiger partial charge is 0.396 e. The van der Waals surface area contributed by atoms with E-state index in [4.69, 9.17) is 5.11 Å². The molecule has 0 aromatic rings. The summed E-state index contributed by atoms with van der Waals surface area (Å²) in [5.74, 6) is 0.395. The lowest BCUT2D eigenvalue weighted by Gasteiger charge is -2.40. The lowest BCUT2D eigenvalue weighted by Crippen LogP contribution is -2.60. The van der Waals surface area contributed by atoms with E-state index in [9.17, 15) is 4.79 Å². The molecule has 3 N–H and O–H groups in total. The van der Waals surface area contributed by atoms with Crippen LogP contribution in [0.3, 0.4) is 0 Å². The highest BCUT2D eigenvalue weighted by molar-refractivity contribution is 5.85. The van der Waals surface area contributed by atoms with Crippen LogP contribution in [0, 0.1) is 5.92 Å². The van der Waals surface area contributed by atoms with Gasteiger partial charge in [-0.15, -0.1) is 0 Å². The predicted octanol–water partition coefficient (Wildman–Crippen LogP) is -0.195. The van der Waals surface area contributed by atoms with Crippen LogP contribution in [0.5, 0.6) is 0 Å². The van der Waals surface area contributed by atoms with Crippen molar-refractivity contribution >= 4 is 5.91 Å². The van der Waals surface area contributed by atoms with Gasteiger partial charge in [-0.05, 0) is 26.2 Å². The van der Waals surface area contributed by atoms with E-state index in [0.717, 1.165) is 32.6 Å². The van der Waals surface area contributed by atoms with Crippen molar-refractivity contribution in [3.63, 3.8) is 0 Å². The summed E-state index contributed by atoms with van der Waals surface area (Å²) in [6.45, 7) is 10.5. The van der Waals surface area contributed by atoms with Crippen LogP contribution in [-0.4, -0.2) is 60.8 Å². The Labute approximate surface area is 110 Å². The molecule has 0 aromatic heterocycles. The highest BCUT2D eigenvalue weighted by Crippen LogP contribution is 2.15. The number of nitrogens with zero attached hydrogens (tertiary/aromatic N) is 1. The third-order valence-corrected chi connectivity index (χ3v) is 3.70. The quantitative estimate of drug-likeness (QED) is 0.617. The molecule has 0 bridgehead atoms. The molecule has 1 fully saturated rings. The Balaban J connectivity index is 2.42. The second-order valence-electron chi connectivity index (χ2n) is 5.62. The first-order valence-electron chi connectivity index (χ1n) is 6.83. The molecule has 0 radical (unpaired) electrons. The Bertz CT molecular complexity index is 263. The minimum absolute atomic E-state index is 0.0780. The maximum Gasteiger partial charge on any atom is 0.239 e. The molecular formula is C13H27N3O2. The van der Waals surface area contributed by atoms with E-state index in [1.807, 2.05) is 20.8 Å². The van der Waals surface area contributed by atoms with Gasteiger partial charge in [-0.1, -0.05) is 6.92 Å². The summed E-state index contributed by atoms with van der Waals surface area (Å²) in [4.78, 5) is 14.5. The van der Waals surface area contributed by atoms with Crippen molar-refractivity contribution in [3.8, 4) is 0 Å². The summed E-state index contributed by atoms with van der Waals surface area (Å²) in [6, 6.07) is 0. The SMILES string of the molecule is CC(CCO)CNC(=O)C(C)(C)N1CCNCC1. The molecule has 0 aromatic carbocycles. The Morgan fingerprint density at radius 1 is 1.44 bits per heavy atom. The van der Waals surface area contributed by atoms with Gasteiger partial charge in [-0.25, -0.2) is 0 Å². The second-order valence-corrected chi connectivity index (χ2v) is 5.62. The van der Waals surface area contributed by atoms with Crippen molar-refractivity contribution in [2.24, 2.45) is 5.92 Å². The van der Waals surface area contributed by atoms with E-state index in [-0.39, 0.29) is 12.5 Å². The number of carbonyl (C=O) groups excluding carboxylic acids is 1. The Hall–Kier alpha value is -0.650. The Morgan fingerprint density at radius 3 is 2.61 bits per heavy atom. The summed E-state index contributed by atoms with van der Waals surface area (Å²) < 4.78 is 0. The summed E-state index contributed by atoms with van der Waals surface area (Å²) in [5.41, 5.74) is -0.457. The first-order chi connectivity index (χ1) is 8.48.